The Morgan fingerprint density at radius 2 is 1.83 bits per heavy atom. The molecular weight excluding hydrogens is 400 g/mol. The molecule has 0 fully saturated rings. The van der Waals surface area contributed by atoms with E-state index in [1.807, 2.05) is 30.3 Å². The standard InChI is InChI=1S/C23H21ClN4S/c1-3-28(15-17-7-5-4-6-8-17)19-10-12-20(16(2)13-19)26-27-23-25-21-11-9-18(24)14-22(21)29-23/h4-14H,3,15H2,1-2H3. The van der Waals surface area contributed by atoms with Crippen LogP contribution in [0.2, 0.25) is 5.02 Å². The molecule has 146 valence electrons. The molecule has 4 rings (SSSR count). The summed E-state index contributed by atoms with van der Waals surface area (Å²) in [7, 11) is 0. The van der Waals surface area contributed by atoms with Gasteiger partial charge in [0, 0.05) is 23.8 Å². The molecule has 0 aliphatic heterocycles. The maximum atomic E-state index is 6.05. The molecule has 6 heteroatoms. The Morgan fingerprint density at radius 3 is 2.59 bits per heavy atom. The van der Waals surface area contributed by atoms with Crippen molar-refractivity contribution >= 4 is 49.7 Å². The molecular formula is C23H21ClN4S. The van der Waals surface area contributed by atoms with Gasteiger partial charge in [0.1, 0.15) is 0 Å². The second kappa shape index (κ2) is 8.72. The third-order valence-corrected chi connectivity index (χ3v) is 5.86. The van der Waals surface area contributed by atoms with Gasteiger partial charge in [0.05, 0.1) is 15.9 Å². The van der Waals surface area contributed by atoms with Crippen LogP contribution in [0, 0.1) is 6.92 Å². The van der Waals surface area contributed by atoms with Gasteiger partial charge < -0.3 is 4.90 Å². The SMILES string of the molecule is CCN(Cc1ccccc1)c1ccc(N=Nc2nc3ccc(Cl)cc3s2)c(C)c1. The first-order valence-corrected chi connectivity index (χ1v) is 10.7. The largest absolute Gasteiger partial charge is 0.367 e. The molecule has 4 nitrogen and oxygen atoms in total. The van der Waals surface area contributed by atoms with Crippen molar-refractivity contribution in [1.29, 1.82) is 0 Å². The van der Waals surface area contributed by atoms with Gasteiger partial charge in [-0.3, -0.25) is 0 Å². The molecule has 0 radical (unpaired) electrons. The summed E-state index contributed by atoms with van der Waals surface area (Å²) < 4.78 is 1.01. The molecule has 0 bridgehead atoms. The third-order valence-electron chi connectivity index (χ3n) is 4.73. The Bertz CT molecular complexity index is 1150. The fourth-order valence-corrected chi connectivity index (χ4v) is 4.23. The molecule has 0 spiro atoms. The molecule has 3 aromatic carbocycles. The normalized spacial score (nSPS) is 11.4. The minimum Gasteiger partial charge on any atom is -0.367 e. The number of hydrogen-bond donors (Lipinski definition) is 0. The van der Waals surface area contributed by atoms with Crippen molar-refractivity contribution in [3.63, 3.8) is 0 Å². The van der Waals surface area contributed by atoms with E-state index < -0.39 is 0 Å². The highest BCUT2D eigenvalue weighted by molar-refractivity contribution is 7.21. The quantitative estimate of drug-likeness (QED) is 0.300. The van der Waals surface area contributed by atoms with Crippen molar-refractivity contribution in [2.24, 2.45) is 10.2 Å². The lowest BCUT2D eigenvalue weighted by atomic mass is 10.1. The molecule has 1 aromatic heterocycles. The number of benzene rings is 3. The Hall–Kier alpha value is -2.76. The van der Waals surface area contributed by atoms with Gasteiger partial charge in [-0.15, -0.1) is 10.2 Å². The van der Waals surface area contributed by atoms with Crippen LogP contribution >= 0.6 is 22.9 Å². The van der Waals surface area contributed by atoms with Crippen LogP contribution in [0.3, 0.4) is 0 Å². The topological polar surface area (TPSA) is 40.9 Å². The van der Waals surface area contributed by atoms with Crippen LogP contribution in [0.1, 0.15) is 18.1 Å². The van der Waals surface area contributed by atoms with Gasteiger partial charge >= 0.3 is 0 Å². The molecule has 0 amide bonds. The molecule has 0 saturated carbocycles. The zero-order valence-corrected chi connectivity index (χ0v) is 17.9. The second-order valence-electron chi connectivity index (χ2n) is 6.78. The fraction of sp³-hybridized carbons (Fsp3) is 0.174. The van der Waals surface area contributed by atoms with Crippen LogP contribution in [0.4, 0.5) is 16.5 Å². The number of rotatable bonds is 6. The molecule has 0 unspecified atom stereocenters. The van der Waals surface area contributed by atoms with Crippen LogP contribution in [-0.2, 0) is 6.54 Å². The molecule has 0 atom stereocenters. The van der Waals surface area contributed by atoms with Gasteiger partial charge in [-0.25, -0.2) is 4.98 Å². The summed E-state index contributed by atoms with van der Waals surface area (Å²) in [5.74, 6) is 0. The average molecular weight is 421 g/mol. The lowest BCUT2D eigenvalue weighted by molar-refractivity contribution is 0.831. The lowest BCUT2D eigenvalue weighted by Crippen LogP contribution is -2.21. The molecule has 0 N–H and O–H groups in total. The van der Waals surface area contributed by atoms with E-state index in [2.05, 4.69) is 70.4 Å². The van der Waals surface area contributed by atoms with Gasteiger partial charge in [0.15, 0.2) is 0 Å². The van der Waals surface area contributed by atoms with Gasteiger partial charge in [-0.1, -0.05) is 53.3 Å². The summed E-state index contributed by atoms with van der Waals surface area (Å²) in [6, 6.07) is 22.4. The van der Waals surface area contributed by atoms with Crippen LogP contribution in [-0.4, -0.2) is 11.5 Å². The van der Waals surface area contributed by atoms with Crippen LogP contribution in [0.5, 0.6) is 0 Å². The Labute approximate surface area is 179 Å². The molecule has 1 heterocycles. The highest BCUT2D eigenvalue weighted by Crippen LogP contribution is 2.32. The maximum absolute atomic E-state index is 6.05. The van der Waals surface area contributed by atoms with Crippen molar-refractivity contribution in [2.75, 3.05) is 11.4 Å². The summed E-state index contributed by atoms with van der Waals surface area (Å²) in [5.41, 5.74) is 5.30. The minimum absolute atomic E-state index is 0.630. The number of aromatic nitrogens is 1. The second-order valence-corrected chi connectivity index (χ2v) is 8.22. The highest BCUT2D eigenvalue weighted by Gasteiger charge is 2.08. The molecule has 4 aromatic rings. The molecule has 0 saturated heterocycles. The lowest BCUT2D eigenvalue weighted by Gasteiger charge is -2.24. The predicted octanol–water partition coefficient (Wildman–Crippen LogP) is 7.70. The van der Waals surface area contributed by atoms with E-state index in [-0.39, 0.29) is 0 Å². The summed E-state index contributed by atoms with van der Waals surface area (Å²) in [4.78, 5) is 6.84. The van der Waals surface area contributed by atoms with E-state index in [0.717, 1.165) is 34.6 Å². The van der Waals surface area contributed by atoms with Crippen molar-refractivity contribution < 1.29 is 0 Å². The van der Waals surface area contributed by atoms with Gasteiger partial charge in [-0.2, -0.15) is 0 Å². The van der Waals surface area contributed by atoms with E-state index >= 15 is 0 Å². The number of halogens is 1. The fourth-order valence-electron chi connectivity index (χ4n) is 3.16. The number of nitrogens with zero attached hydrogens (tertiary/aromatic N) is 4. The monoisotopic (exact) mass is 420 g/mol. The minimum atomic E-state index is 0.630. The first-order chi connectivity index (χ1) is 14.1. The smallest absolute Gasteiger partial charge is 0.231 e. The van der Waals surface area contributed by atoms with Gasteiger partial charge in [-0.05, 0) is 61.4 Å². The molecule has 29 heavy (non-hydrogen) atoms. The van der Waals surface area contributed by atoms with Crippen LogP contribution in [0.15, 0.2) is 77.0 Å². The van der Waals surface area contributed by atoms with E-state index in [0.29, 0.717) is 10.2 Å². The van der Waals surface area contributed by atoms with Crippen LogP contribution < -0.4 is 4.90 Å². The number of fused-ring (bicyclic) bond motifs is 1. The summed E-state index contributed by atoms with van der Waals surface area (Å²) in [6.07, 6.45) is 0. The highest BCUT2D eigenvalue weighted by atomic mass is 35.5. The van der Waals surface area contributed by atoms with Crippen molar-refractivity contribution in [3.8, 4) is 0 Å². The first-order valence-electron chi connectivity index (χ1n) is 9.50. The predicted molar refractivity (Wildman–Crippen MR) is 123 cm³/mol. The van der Waals surface area contributed by atoms with Gasteiger partial charge in [0.2, 0.25) is 5.13 Å². The molecule has 0 aliphatic rings. The zero-order valence-electron chi connectivity index (χ0n) is 16.3. The summed E-state index contributed by atoms with van der Waals surface area (Å²) in [5, 5.41) is 10.1. The van der Waals surface area contributed by atoms with Crippen molar-refractivity contribution in [1.82, 2.24) is 4.98 Å². The summed E-state index contributed by atoms with van der Waals surface area (Å²) in [6.45, 7) is 6.05. The number of aryl methyl sites for hydroxylation is 1. The number of thiazole rings is 1. The number of azo groups is 1. The van der Waals surface area contributed by atoms with E-state index in [9.17, 15) is 0 Å². The summed E-state index contributed by atoms with van der Waals surface area (Å²) >= 11 is 7.53. The number of hydrogen-bond acceptors (Lipinski definition) is 5. The molecule has 0 aliphatic carbocycles. The maximum Gasteiger partial charge on any atom is 0.231 e. The van der Waals surface area contributed by atoms with Crippen molar-refractivity contribution in [3.05, 3.63) is 82.9 Å². The van der Waals surface area contributed by atoms with Crippen molar-refractivity contribution in [2.45, 2.75) is 20.4 Å². The Morgan fingerprint density at radius 1 is 1.00 bits per heavy atom. The van der Waals surface area contributed by atoms with E-state index in [4.69, 9.17) is 11.6 Å². The van der Waals surface area contributed by atoms with E-state index in [1.165, 1.54) is 22.6 Å². The Kier molecular flexibility index (Phi) is 5.88. The third kappa shape index (κ3) is 4.63. The number of anilines is 1. The average Bonchev–Trinajstić information content (AvgIpc) is 3.14. The first kappa shape index (κ1) is 19.6. The Balaban J connectivity index is 1.53. The van der Waals surface area contributed by atoms with Gasteiger partial charge in [0.25, 0.3) is 0 Å². The van der Waals surface area contributed by atoms with E-state index in [1.54, 1.807) is 0 Å². The van der Waals surface area contributed by atoms with Crippen LogP contribution in [0.25, 0.3) is 10.2 Å². The zero-order chi connectivity index (χ0) is 20.2.